The van der Waals surface area contributed by atoms with E-state index in [-0.39, 0.29) is 29.7 Å². The van der Waals surface area contributed by atoms with Gasteiger partial charge < -0.3 is 0 Å². The summed E-state index contributed by atoms with van der Waals surface area (Å²) in [5, 5.41) is 1.91. The minimum Gasteiger partial charge on any atom is -0.208 e. The van der Waals surface area contributed by atoms with Crippen molar-refractivity contribution in [2.24, 2.45) is 0 Å². The Balaban J connectivity index is 1.42. The van der Waals surface area contributed by atoms with Gasteiger partial charge in [0.15, 0.2) is 17.5 Å². The third-order valence-corrected chi connectivity index (χ3v) is 7.37. The van der Waals surface area contributed by atoms with Crippen molar-refractivity contribution in [2.45, 2.75) is 0 Å². The van der Waals surface area contributed by atoms with Crippen molar-refractivity contribution < 1.29 is 6.85 Å². The van der Waals surface area contributed by atoms with E-state index in [0.717, 1.165) is 36.9 Å². The number of nitrogens with zero attached hydrogens (tertiary/aromatic N) is 3. The molecule has 0 atom stereocenters. The van der Waals surface area contributed by atoms with Gasteiger partial charge in [-0.25, -0.2) is 15.0 Å². The Bertz CT molecular complexity index is 2060. The maximum Gasteiger partial charge on any atom is 0.164 e. The van der Waals surface area contributed by atoms with Crippen LogP contribution in [0.25, 0.3) is 65.5 Å². The number of benzene rings is 5. The van der Waals surface area contributed by atoms with Gasteiger partial charge >= 0.3 is 0 Å². The maximum absolute atomic E-state index is 8.44. The zero-order valence-corrected chi connectivity index (χ0v) is 20.3. The molecule has 0 radical (unpaired) electrons. The molecule has 0 saturated heterocycles. The second kappa shape index (κ2) is 9.08. The highest BCUT2D eigenvalue weighted by Crippen LogP contribution is 2.38. The number of fused-ring (bicyclic) bond motifs is 3. The van der Waals surface area contributed by atoms with Crippen LogP contribution >= 0.6 is 11.3 Å². The zero-order valence-electron chi connectivity index (χ0n) is 24.5. The maximum atomic E-state index is 8.44. The van der Waals surface area contributed by atoms with Crippen molar-refractivity contribution in [3.8, 4) is 45.3 Å². The monoisotopic (exact) mass is 496 g/mol. The lowest BCUT2D eigenvalue weighted by molar-refractivity contribution is 1.07. The summed E-state index contributed by atoms with van der Waals surface area (Å²) < 4.78 is 43.1. The van der Waals surface area contributed by atoms with Gasteiger partial charge in [0.1, 0.15) is 0 Å². The van der Waals surface area contributed by atoms with Crippen LogP contribution in [0.15, 0.2) is 127 Å². The first-order valence-corrected chi connectivity index (χ1v) is 12.6. The van der Waals surface area contributed by atoms with E-state index in [1.165, 1.54) is 0 Å². The minimum atomic E-state index is -0.400. The van der Waals surface area contributed by atoms with Crippen LogP contribution in [0.4, 0.5) is 0 Å². The molecule has 0 saturated carbocycles. The van der Waals surface area contributed by atoms with E-state index in [9.17, 15) is 0 Å². The van der Waals surface area contributed by atoms with Crippen molar-refractivity contribution in [1.82, 2.24) is 15.0 Å². The summed E-state index contributed by atoms with van der Waals surface area (Å²) in [5.41, 5.74) is 3.37. The van der Waals surface area contributed by atoms with Crippen LogP contribution in [-0.4, -0.2) is 15.0 Å². The first kappa shape index (κ1) is 16.9. The number of rotatable bonds is 4. The molecule has 2 heterocycles. The second-order valence-corrected chi connectivity index (χ2v) is 9.65. The second-order valence-electron chi connectivity index (χ2n) is 8.56. The molecule has 5 aromatic carbocycles. The van der Waals surface area contributed by atoms with Crippen molar-refractivity contribution in [2.75, 3.05) is 0 Å². The van der Waals surface area contributed by atoms with Crippen molar-refractivity contribution >= 4 is 31.5 Å². The smallest absolute Gasteiger partial charge is 0.164 e. The largest absolute Gasteiger partial charge is 0.208 e. The molecule has 174 valence electrons. The Morgan fingerprint density at radius 1 is 0.459 bits per heavy atom. The zero-order chi connectivity index (χ0) is 29.0. The number of hydrogen-bond acceptors (Lipinski definition) is 4. The quantitative estimate of drug-likeness (QED) is 0.244. The Morgan fingerprint density at radius 2 is 0.946 bits per heavy atom. The molecule has 0 aliphatic heterocycles. The molecule has 7 rings (SSSR count). The predicted molar refractivity (Wildman–Crippen MR) is 154 cm³/mol. The summed E-state index contributed by atoms with van der Waals surface area (Å²) in [4.78, 5) is 14.5. The van der Waals surface area contributed by atoms with Gasteiger partial charge in [0, 0.05) is 36.9 Å². The van der Waals surface area contributed by atoms with Gasteiger partial charge in [0.2, 0.25) is 0 Å². The van der Waals surface area contributed by atoms with E-state index < -0.39 is 6.04 Å². The summed E-state index contributed by atoms with van der Waals surface area (Å²) in [6, 6.07) is 29.9. The van der Waals surface area contributed by atoms with Crippen molar-refractivity contribution in [3.05, 3.63) is 127 Å². The molecule has 2 aromatic heterocycles. The molecule has 7 aromatic rings. The van der Waals surface area contributed by atoms with E-state index in [2.05, 4.69) is 6.07 Å². The fourth-order valence-electron chi connectivity index (χ4n) is 4.40. The highest BCUT2D eigenvalue weighted by atomic mass is 32.1. The number of thiophene rings is 1. The lowest BCUT2D eigenvalue weighted by atomic mass is 10.0. The van der Waals surface area contributed by atoms with Gasteiger partial charge in [0.05, 0.1) is 6.85 Å². The van der Waals surface area contributed by atoms with E-state index in [1.807, 2.05) is 91.0 Å². The third kappa shape index (κ3) is 4.07. The highest BCUT2D eigenvalue weighted by Gasteiger charge is 2.14. The first-order valence-electron chi connectivity index (χ1n) is 14.3. The highest BCUT2D eigenvalue weighted by molar-refractivity contribution is 7.25. The Morgan fingerprint density at radius 3 is 1.51 bits per heavy atom. The van der Waals surface area contributed by atoms with E-state index in [1.54, 1.807) is 11.3 Å². The van der Waals surface area contributed by atoms with Gasteiger partial charge in [-0.3, -0.25) is 0 Å². The standard InChI is InChI=1S/C33H21N3S/c1-4-10-22(11-5-1)25-16-18-29-27(20-25)28-21-26(17-19-30(28)37-29)33-35-31(23-12-6-2-7-13-23)34-32(36-33)24-14-8-3-9-15-24/h1-21H/i1D,4D,5D,10D,11D. The fraction of sp³-hybridized carbons (Fsp3) is 0. The van der Waals surface area contributed by atoms with Crippen LogP contribution in [0.3, 0.4) is 0 Å². The molecule has 0 aliphatic carbocycles. The lowest BCUT2D eigenvalue weighted by Gasteiger charge is -2.08. The molecule has 0 bridgehead atoms. The normalized spacial score (nSPS) is 13.1. The molecule has 37 heavy (non-hydrogen) atoms. The summed E-state index contributed by atoms with van der Waals surface area (Å²) in [5.74, 6) is 1.71. The van der Waals surface area contributed by atoms with E-state index in [4.69, 9.17) is 21.8 Å². The molecule has 4 heteroatoms. The Kier molecular flexibility index (Phi) is 4.15. The number of hydrogen-bond donors (Lipinski definition) is 0. The fourth-order valence-corrected chi connectivity index (χ4v) is 5.47. The topological polar surface area (TPSA) is 38.7 Å². The summed E-state index contributed by atoms with van der Waals surface area (Å²) in [6.07, 6.45) is 0. The van der Waals surface area contributed by atoms with Gasteiger partial charge in [-0.2, -0.15) is 0 Å². The Labute approximate surface area is 225 Å². The van der Waals surface area contributed by atoms with Crippen molar-refractivity contribution in [1.29, 1.82) is 0 Å². The molecule has 0 spiro atoms. The summed E-state index contributed by atoms with van der Waals surface area (Å²) in [6.45, 7) is 0. The first-order chi connectivity index (χ1) is 20.4. The average Bonchev–Trinajstić information content (AvgIpc) is 3.41. The number of aromatic nitrogens is 3. The summed E-state index contributed by atoms with van der Waals surface area (Å²) >= 11 is 1.64. The van der Waals surface area contributed by atoms with Crippen LogP contribution in [0.1, 0.15) is 6.85 Å². The molecule has 3 nitrogen and oxygen atoms in total. The summed E-state index contributed by atoms with van der Waals surface area (Å²) in [7, 11) is 0. The minimum absolute atomic E-state index is 0.191. The van der Waals surface area contributed by atoms with Crippen LogP contribution in [0.5, 0.6) is 0 Å². The third-order valence-electron chi connectivity index (χ3n) is 6.22. The molecular weight excluding hydrogens is 470 g/mol. The van der Waals surface area contributed by atoms with Crippen molar-refractivity contribution in [3.63, 3.8) is 0 Å². The van der Waals surface area contributed by atoms with E-state index in [0.29, 0.717) is 23.0 Å². The Hall–Kier alpha value is -4.67. The van der Waals surface area contributed by atoms with Gasteiger partial charge in [-0.05, 0) is 41.5 Å². The molecule has 0 aliphatic rings. The van der Waals surface area contributed by atoms with Gasteiger partial charge in [0.25, 0.3) is 0 Å². The SMILES string of the molecule is [2H]c1c([2H])c([2H])c(-c2ccc3sc4ccc(-c5nc(-c6ccccc6)nc(-c6ccccc6)n5)cc4c3c2)c([2H])c1[2H]. The van der Waals surface area contributed by atoms with Gasteiger partial charge in [-0.15, -0.1) is 11.3 Å². The van der Waals surface area contributed by atoms with E-state index >= 15 is 0 Å². The molecule has 0 unspecified atom stereocenters. The molecular formula is C33H21N3S. The van der Waals surface area contributed by atoms with Crippen LogP contribution in [0, 0.1) is 0 Å². The molecule has 0 amide bonds. The van der Waals surface area contributed by atoms with Crippen LogP contribution in [-0.2, 0) is 0 Å². The van der Waals surface area contributed by atoms with Crippen LogP contribution in [0.2, 0.25) is 0 Å². The predicted octanol–water partition coefficient (Wildman–Crippen LogP) is 8.91. The van der Waals surface area contributed by atoms with Crippen LogP contribution < -0.4 is 0 Å². The average molecular weight is 497 g/mol. The molecule has 0 N–H and O–H groups in total. The lowest BCUT2D eigenvalue weighted by Crippen LogP contribution is -2.00. The van der Waals surface area contributed by atoms with Gasteiger partial charge in [-0.1, -0.05) is 96.9 Å². The molecule has 0 fully saturated rings.